The van der Waals surface area contributed by atoms with Crippen molar-refractivity contribution in [1.29, 1.82) is 0 Å². The van der Waals surface area contributed by atoms with Gasteiger partial charge in [0.05, 0.1) is 0 Å². The molecule has 39 heavy (non-hydrogen) atoms. The van der Waals surface area contributed by atoms with Crippen LogP contribution in [0.2, 0.25) is 0 Å². The Labute approximate surface area is 235 Å². The van der Waals surface area contributed by atoms with E-state index in [9.17, 15) is 0 Å². The largest absolute Gasteiger partial charge is 0.318 e. The van der Waals surface area contributed by atoms with Crippen molar-refractivity contribution < 1.29 is 0 Å². The van der Waals surface area contributed by atoms with Crippen LogP contribution in [0.1, 0.15) is 38.3 Å². The summed E-state index contributed by atoms with van der Waals surface area (Å²) >= 11 is 0. The van der Waals surface area contributed by atoms with E-state index in [1.165, 1.54) is 22.5 Å². The number of fused-ring (bicyclic) bond motifs is 2. The van der Waals surface area contributed by atoms with E-state index < -0.39 is 0 Å². The monoisotopic (exact) mass is 514 g/mol. The molecule has 2 heteroatoms. The van der Waals surface area contributed by atoms with Crippen LogP contribution in [0.4, 0.5) is 11.4 Å². The number of hydrogen-bond acceptors (Lipinski definition) is 2. The van der Waals surface area contributed by atoms with Crippen molar-refractivity contribution >= 4 is 11.4 Å². The fourth-order valence-electron chi connectivity index (χ4n) is 8.59. The molecule has 0 bridgehead atoms. The van der Waals surface area contributed by atoms with Crippen molar-refractivity contribution in [2.45, 2.75) is 33.6 Å². The fraction of sp³-hybridized carbons (Fsp3) is 0.351. The Bertz CT molecular complexity index is 1390. The summed E-state index contributed by atoms with van der Waals surface area (Å²) in [7, 11) is 0. The number of allylic oxidation sites excluding steroid dienone is 6. The smallest absolute Gasteiger partial charge is 0.0455 e. The summed E-state index contributed by atoms with van der Waals surface area (Å²) < 4.78 is 0. The van der Waals surface area contributed by atoms with Crippen LogP contribution >= 0.6 is 0 Å². The highest BCUT2D eigenvalue weighted by Crippen LogP contribution is 2.62. The van der Waals surface area contributed by atoms with Gasteiger partial charge in [-0.1, -0.05) is 83.5 Å². The van der Waals surface area contributed by atoms with Crippen LogP contribution in [-0.2, 0) is 6.42 Å². The van der Waals surface area contributed by atoms with Gasteiger partial charge in [0.1, 0.15) is 0 Å². The van der Waals surface area contributed by atoms with Crippen molar-refractivity contribution in [1.82, 2.24) is 0 Å². The van der Waals surface area contributed by atoms with Crippen molar-refractivity contribution in [2.24, 2.45) is 46.8 Å². The van der Waals surface area contributed by atoms with Gasteiger partial charge in [-0.15, -0.1) is 13.2 Å². The van der Waals surface area contributed by atoms with E-state index in [4.69, 9.17) is 0 Å². The number of nitrogens with zero attached hydrogens (tertiary/aromatic N) is 2. The Hall–Kier alpha value is -3.52. The Kier molecular flexibility index (Phi) is 5.95. The van der Waals surface area contributed by atoms with E-state index in [0.29, 0.717) is 41.4 Å². The van der Waals surface area contributed by atoms with Gasteiger partial charge in [-0.05, 0) is 71.4 Å². The molecule has 0 amide bonds. The summed E-state index contributed by atoms with van der Waals surface area (Å²) in [5, 5.41) is 0. The highest BCUT2D eigenvalue weighted by molar-refractivity contribution is 5.65. The molecule has 0 spiro atoms. The molecule has 2 nitrogen and oxygen atoms in total. The van der Waals surface area contributed by atoms with Gasteiger partial charge < -0.3 is 9.80 Å². The summed E-state index contributed by atoms with van der Waals surface area (Å²) in [5.41, 5.74) is 9.78. The molecule has 0 radical (unpaired) electrons. The molecule has 4 aliphatic rings. The maximum atomic E-state index is 4.55. The molecular weight excluding hydrogens is 472 g/mol. The van der Waals surface area contributed by atoms with Gasteiger partial charge in [0.25, 0.3) is 0 Å². The number of benzene rings is 2. The van der Waals surface area contributed by atoms with Crippen LogP contribution in [0, 0.1) is 46.8 Å². The van der Waals surface area contributed by atoms with E-state index >= 15 is 0 Å². The minimum atomic E-state index is 0.198. The molecule has 2 aromatic rings. The second kappa shape index (κ2) is 9.01. The average molecular weight is 515 g/mol. The molecule has 200 valence electrons. The van der Waals surface area contributed by atoms with Gasteiger partial charge in [-0.25, -0.2) is 0 Å². The SMILES string of the molecule is C=CC1CC(C)(C)C2C(=C)N(c3ccc(Cc4ccc(N5C(=C)C6C(C)C(C=C)C6C5=C)cc4)cc3)C(=C)C12. The van der Waals surface area contributed by atoms with Crippen LogP contribution in [0.3, 0.4) is 0 Å². The van der Waals surface area contributed by atoms with E-state index in [1.807, 2.05) is 0 Å². The van der Waals surface area contributed by atoms with Crippen LogP contribution in [-0.4, -0.2) is 0 Å². The molecular formula is C37H42N2. The van der Waals surface area contributed by atoms with Crippen molar-refractivity contribution in [3.63, 3.8) is 0 Å². The molecule has 7 unspecified atom stereocenters. The first-order chi connectivity index (χ1) is 18.6. The molecule has 4 fully saturated rings. The van der Waals surface area contributed by atoms with Gasteiger partial charge in [0.2, 0.25) is 0 Å². The van der Waals surface area contributed by atoms with Gasteiger partial charge in [0, 0.05) is 57.8 Å². The Morgan fingerprint density at radius 1 is 0.718 bits per heavy atom. The highest BCUT2D eigenvalue weighted by atomic mass is 15.2. The lowest BCUT2D eigenvalue weighted by Gasteiger charge is -2.45. The molecule has 2 aliphatic heterocycles. The maximum absolute atomic E-state index is 4.55. The minimum Gasteiger partial charge on any atom is -0.318 e. The Morgan fingerprint density at radius 3 is 1.72 bits per heavy atom. The molecule has 6 rings (SSSR count). The fourth-order valence-corrected chi connectivity index (χ4v) is 8.59. The maximum Gasteiger partial charge on any atom is 0.0455 e. The minimum absolute atomic E-state index is 0.198. The van der Waals surface area contributed by atoms with E-state index in [2.05, 4.69) is 131 Å². The third-order valence-electron chi connectivity index (χ3n) is 10.4. The normalized spacial score (nSPS) is 32.7. The van der Waals surface area contributed by atoms with Crippen LogP contribution in [0.25, 0.3) is 0 Å². The van der Waals surface area contributed by atoms with Gasteiger partial charge in [-0.3, -0.25) is 0 Å². The van der Waals surface area contributed by atoms with Gasteiger partial charge in [-0.2, -0.15) is 0 Å². The molecule has 0 aromatic heterocycles. The quantitative estimate of drug-likeness (QED) is 0.355. The second-order valence-corrected chi connectivity index (χ2v) is 13.0. The molecule has 2 aliphatic carbocycles. The molecule has 0 N–H and O–H groups in total. The first-order valence-electron chi connectivity index (χ1n) is 14.4. The summed E-state index contributed by atoms with van der Waals surface area (Å²) in [5.74, 6) is 3.26. The van der Waals surface area contributed by atoms with Crippen molar-refractivity contribution in [2.75, 3.05) is 9.80 Å². The second-order valence-electron chi connectivity index (χ2n) is 13.0. The lowest BCUT2D eigenvalue weighted by atomic mass is 9.57. The van der Waals surface area contributed by atoms with E-state index in [0.717, 1.165) is 35.6 Å². The summed E-state index contributed by atoms with van der Waals surface area (Å²) in [4.78, 5) is 4.57. The van der Waals surface area contributed by atoms with Crippen molar-refractivity contribution in [3.05, 3.63) is 134 Å². The zero-order valence-corrected chi connectivity index (χ0v) is 23.9. The topological polar surface area (TPSA) is 6.48 Å². The molecule has 2 saturated heterocycles. The van der Waals surface area contributed by atoms with E-state index in [1.54, 1.807) is 0 Å². The lowest BCUT2D eigenvalue weighted by molar-refractivity contribution is 0.1000. The zero-order valence-electron chi connectivity index (χ0n) is 23.9. The van der Waals surface area contributed by atoms with Crippen LogP contribution < -0.4 is 9.80 Å². The lowest BCUT2D eigenvalue weighted by Crippen LogP contribution is -2.41. The van der Waals surface area contributed by atoms with Crippen LogP contribution in [0.5, 0.6) is 0 Å². The first-order valence-corrected chi connectivity index (χ1v) is 14.4. The summed E-state index contributed by atoms with van der Waals surface area (Å²) in [6.07, 6.45) is 6.26. The highest BCUT2D eigenvalue weighted by Gasteiger charge is 2.56. The van der Waals surface area contributed by atoms with Crippen molar-refractivity contribution in [3.8, 4) is 0 Å². The van der Waals surface area contributed by atoms with E-state index in [-0.39, 0.29) is 5.41 Å². The molecule has 2 saturated carbocycles. The third kappa shape index (κ3) is 3.68. The standard InChI is InChI=1S/C37H42N2/c1-10-29-21-37(8,9)36-26(7)39(24(5)34(29)36)31-18-14-28(15-19-31)20-27-12-16-30(17-13-27)38-23(4)33-22(3)32(11-2)35(33)25(38)6/h10-19,22,29,32-36H,1-2,4-7,20-21H2,3,8-9H3. The average Bonchev–Trinajstić information content (AvgIpc) is 3.43. The number of anilines is 2. The third-order valence-corrected chi connectivity index (χ3v) is 10.4. The van der Waals surface area contributed by atoms with Gasteiger partial charge >= 0.3 is 0 Å². The van der Waals surface area contributed by atoms with Crippen LogP contribution in [0.15, 0.2) is 123 Å². The number of rotatable bonds is 6. The predicted molar refractivity (Wildman–Crippen MR) is 166 cm³/mol. The zero-order chi connectivity index (χ0) is 27.8. The predicted octanol–water partition coefficient (Wildman–Crippen LogP) is 9.12. The Morgan fingerprint density at radius 2 is 1.21 bits per heavy atom. The number of hydrogen-bond donors (Lipinski definition) is 0. The molecule has 7 atom stereocenters. The van der Waals surface area contributed by atoms with Gasteiger partial charge in [0.15, 0.2) is 0 Å². The molecule has 2 heterocycles. The Balaban J connectivity index is 1.16. The summed E-state index contributed by atoms with van der Waals surface area (Å²) in [6.45, 7) is 33.2. The molecule has 2 aromatic carbocycles. The summed E-state index contributed by atoms with van der Waals surface area (Å²) in [6, 6.07) is 17.8. The first kappa shape index (κ1) is 25.7.